The molecule has 1 aliphatic rings. The van der Waals surface area contributed by atoms with E-state index in [1.165, 1.54) is 19.3 Å². The molecular formula is C49H77O14P. The summed E-state index contributed by atoms with van der Waals surface area (Å²) in [7, 11) is -5.18. The summed E-state index contributed by atoms with van der Waals surface area (Å²) in [6.07, 6.45) is 34.5. The third-order valence-corrected chi connectivity index (χ3v) is 10.7. The summed E-state index contributed by atoms with van der Waals surface area (Å²) < 4.78 is 33.3. The zero-order valence-corrected chi connectivity index (χ0v) is 38.8. The highest BCUT2D eigenvalue weighted by Gasteiger charge is 2.51. The van der Waals surface area contributed by atoms with Crippen molar-refractivity contribution in [2.45, 2.75) is 172 Å². The van der Waals surface area contributed by atoms with E-state index in [1.54, 1.807) is 24.3 Å². The van der Waals surface area contributed by atoms with Gasteiger partial charge in [-0.1, -0.05) is 136 Å². The average molecular weight is 921 g/mol. The third kappa shape index (κ3) is 29.8. The van der Waals surface area contributed by atoms with E-state index in [-0.39, 0.29) is 19.3 Å². The van der Waals surface area contributed by atoms with Crippen LogP contribution < -0.4 is 0 Å². The topological polar surface area (TPSA) is 230 Å². The fraction of sp³-hybridized carbons (Fsp3) is 0.592. The fourth-order valence-electron chi connectivity index (χ4n) is 5.99. The predicted octanol–water partition coefficient (Wildman–Crippen LogP) is 7.80. The Kier molecular flexibility index (Phi) is 34.4. The third-order valence-electron chi connectivity index (χ3n) is 9.69. The highest BCUT2D eigenvalue weighted by Crippen LogP contribution is 2.47. The first kappa shape index (κ1) is 58.5. The first-order valence-electron chi connectivity index (χ1n) is 22.8. The van der Waals surface area contributed by atoms with Crippen LogP contribution in [0, 0.1) is 0 Å². The minimum atomic E-state index is -5.18. The number of hydrogen-bond donors (Lipinski definition) is 7. The highest BCUT2D eigenvalue weighted by molar-refractivity contribution is 7.47. The standard InChI is InChI=1S/C49H77O14P/c1-3-5-7-9-11-13-15-17-18-20-22-24-26-28-32-36-42(51)60-38-41(39-61-64(58,59)63-49-47(56)45(54)44(53)46(55)48(49)57)62-43(52)37-33-29-31-35-40(50)34-30-27-25-23-21-19-16-14-12-10-8-6-4-2/h6,8,11-14,17-19,21-22,24-25,27,29-31,34,40-41,44-50,53-57H,3-5,7,9-10,15-16,20,23,26,28,32-33,35-39H2,1-2H3,(H,58,59)/b8-6-,13-11-,14-12-,18-17-,21-19-,24-22-,27-25-,31-29-,34-30-/t40?,41-,44?,45-,46+,47-,48-,49?/m1/s1. The molecule has 0 spiro atoms. The number of esters is 2. The van der Waals surface area contributed by atoms with Crippen LogP contribution in [-0.4, -0.2) is 110 Å². The summed E-state index contributed by atoms with van der Waals surface area (Å²) in [5.41, 5.74) is 0. The minimum Gasteiger partial charge on any atom is -0.462 e. The Morgan fingerprint density at radius 2 is 1.09 bits per heavy atom. The Morgan fingerprint density at radius 1 is 0.578 bits per heavy atom. The maximum atomic E-state index is 12.8. The molecular weight excluding hydrogens is 843 g/mol. The SMILES string of the molecule is CC/C=C\C/C=C\C/C=C\C/C=C\C=C/C(O)C/C=C\CCC(=O)O[C@H](COC(=O)CCCC/C=C\C/C=C\C/C=C\CCCCC)COP(=O)(O)OC1[C@H](O)[C@H](O)C(O)[C@H](O)[C@H]1O. The molecule has 1 fully saturated rings. The maximum Gasteiger partial charge on any atom is 0.472 e. The van der Waals surface area contributed by atoms with Crippen molar-refractivity contribution < 1.29 is 68.2 Å². The Bertz CT molecular complexity index is 1550. The first-order chi connectivity index (χ1) is 30.8. The van der Waals surface area contributed by atoms with Gasteiger partial charge in [0.2, 0.25) is 0 Å². The summed E-state index contributed by atoms with van der Waals surface area (Å²) in [6, 6.07) is 0. The van der Waals surface area contributed by atoms with Crippen molar-refractivity contribution in [3.05, 3.63) is 109 Å². The van der Waals surface area contributed by atoms with E-state index < -0.39 is 81.8 Å². The van der Waals surface area contributed by atoms with E-state index in [2.05, 4.69) is 86.8 Å². The fourth-order valence-corrected chi connectivity index (χ4v) is 6.96. The number of phosphoric ester groups is 1. The Labute approximate surface area is 381 Å². The van der Waals surface area contributed by atoms with Gasteiger partial charge in [0.1, 0.15) is 43.2 Å². The van der Waals surface area contributed by atoms with Gasteiger partial charge in [-0.3, -0.25) is 18.6 Å². The number of rotatable bonds is 35. The van der Waals surface area contributed by atoms with Crippen molar-refractivity contribution in [1.29, 1.82) is 0 Å². The number of ether oxygens (including phenoxy) is 2. The van der Waals surface area contributed by atoms with Gasteiger partial charge in [-0.05, 0) is 83.5 Å². The molecule has 15 heteroatoms. The predicted molar refractivity (Wildman–Crippen MR) is 250 cm³/mol. The molecule has 9 atom stereocenters. The molecule has 0 aliphatic heterocycles. The second-order valence-corrected chi connectivity index (χ2v) is 16.8. The quantitative estimate of drug-likeness (QED) is 0.0106. The molecule has 1 saturated carbocycles. The normalized spacial score (nSPS) is 23.1. The van der Waals surface area contributed by atoms with E-state index in [0.717, 1.165) is 57.8 Å². The van der Waals surface area contributed by atoms with Gasteiger partial charge in [0.25, 0.3) is 0 Å². The van der Waals surface area contributed by atoms with Crippen LogP contribution >= 0.6 is 7.82 Å². The Morgan fingerprint density at radius 3 is 1.67 bits per heavy atom. The summed E-state index contributed by atoms with van der Waals surface area (Å²) in [5.74, 6) is -1.34. The molecule has 64 heavy (non-hydrogen) atoms. The molecule has 7 N–H and O–H groups in total. The van der Waals surface area contributed by atoms with Crippen molar-refractivity contribution >= 4 is 19.8 Å². The molecule has 0 saturated heterocycles. The lowest BCUT2D eigenvalue weighted by Gasteiger charge is -2.41. The molecule has 0 bridgehead atoms. The summed E-state index contributed by atoms with van der Waals surface area (Å²) in [4.78, 5) is 35.7. The zero-order valence-electron chi connectivity index (χ0n) is 37.9. The van der Waals surface area contributed by atoms with Gasteiger partial charge in [-0.15, -0.1) is 0 Å². The molecule has 0 heterocycles. The lowest BCUT2D eigenvalue weighted by Crippen LogP contribution is -2.64. The zero-order chi connectivity index (χ0) is 47.3. The van der Waals surface area contributed by atoms with Crippen molar-refractivity contribution in [3.8, 4) is 0 Å². The lowest BCUT2D eigenvalue weighted by atomic mass is 9.85. The number of hydrogen-bond acceptors (Lipinski definition) is 13. The van der Waals surface area contributed by atoms with Gasteiger partial charge >= 0.3 is 19.8 Å². The van der Waals surface area contributed by atoms with E-state index >= 15 is 0 Å². The summed E-state index contributed by atoms with van der Waals surface area (Å²) in [5, 5.41) is 60.4. The molecule has 0 amide bonds. The molecule has 0 radical (unpaired) electrons. The van der Waals surface area contributed by atoms with Crippen molar-refractivity contribution in [2.75, 3.05) is 13.2 Å². The molecule has 0 aromatic rings. The van der Waals surface area contributed by atoms with Crippen LogP contribution in [0.2, 0.25) is 0 Å². The van der Waals surface area contributed by atoms with Crippen molar-refractivity contribution in [1.82, 2.24) is 0 Å². The van der Waals surface area contributed by atoms with Gasteiger partial charge < -0.3 is 45.0 Å². The number of allylic oxidation sites excluding steroid dienone is 16. The van der Waals surface area contributed by atoms with Crippen LogP contribution in [0.15, 0.2) is 109 Å². The minimum absolute atomic E-state index is 0.0741. The molecule has 0 aromatic heterocycles. The maximum absolute atomic E-state index is 12.8. The number of aliphatic hydroxyl groups excluding tert-OH is 6. The summed E-state index contributed by atoms with van der Waals surface area (Å²) >= 11 is 0. The smallest absolute Gasteiger partial charge is 0.462 e. The number of carbonyl (C=O) groups is 2. The van der Waals surface area contributed by atoms with Crippen LogP contribution in [0.1, 0.15) is 123 Å². The monoisotopic (exact) mass is 921 g/mol. The van der Waals surface area contributed by atoms with Crippen molar-refractivity contribution in [3.63, 3.8) is 0 Å². The number of phosphoric acid groups is 1. The van der Waals surface area contributed by atoms with Crippen LogP contribution in [0.3, 0.4) is 0 Å². The van der Waals surface area contributed by atoms with E-state index in [0.29, 0.717) is 12.8 Å². The van der Waals surface area contributed by atoms with Gasteiger partial charge in [0.15, 0.2) is 6.10 Å². The van der Waals surface area contributed by atoms with Crippen LogP contribution in [-0.2, 0) is 32.7 Å². The first-order valence-corrected chi connectivity index (χ1v) is 24.3. The van der Waals surface area contributed by atoms with E-state index in [4.69, 9.17) is 18.5 Å². The van der Waals surface area contributed by atoms with Gasteiger partial charge in [0.05, 0.1) is 12.7 Å². The van der Waals surface area contributed by atoms with Gasteiger partial charge in [0, 0.05) is 12.8 Å². The summed E-state index contributed by atoms with van der Waals surface area (Å²) in [6.45, 7) is 2.95. The molecule has 362 valence electrons. The molecule has 14 nitrogen and oxygen atoms in total. The molecule has 1 aliphatic carbocycles. The van der Waals surface area contributed by atoms with Crippen LogP contribution in [0.4, 0.5) is 0 Å². The number of carbonyl (C=O) groups excluding carboxylic acids is 2. The second-order valence-electron chi connectivity index (χ2n) is 15.4. The number of aliphatic hydroxyl groups is 6. The number of unbranched alkanes of at least 4 members (excludes halogenated alkanes) is 5. The average Bonchev–Trinajstić information content (AvgIpc) is 3.27. The van der Waals surface area contributed by atoms with Crippen LogP contribution in [0.25, 0.3) is 0 Å². The Balaban J connectivity index is 2.61. The van der Waals surface area contributed by atoms with Gasteiger partial charge in [-0.2, -0.15) is 0 Å². The van der Waals surface area contributed by atoms with Crippen molar-refractivity contribution in [2.24, 2.45) is 0 Å². The van der Waals surface area contributed by atoms with E-state index in [1.807, 2.05) is 12.2 Å². The van der Waals surface area contributed by atoms with Gasteiger partial charge in [-0.25, -0.2) is 4.57 Å². The Hall–Kier alpha value is -3.53. The lowest BCUT2D eigenvalue weighted by molar-refractivity contribution is -0.220. The highest BCUT2D eigenvalue weighted by atomic mass is 31.2. The molecule has 4 unspecified atom stereocenters. The largest absolute Gasteiger partial charge is 0.472 e. The molecule has 0 aromatic carbocycles. The van der Waals surface area contributed by atoms with E-state index in [9.17, 15) is 49.7 Å². The second kappa shape index (κ2) is 37.7. The van der Waals surface area contributed by atoms with Crippen LogP contribution in [0.5, 0.6) is 0 Å². The molecule has 1 rings (SSSR count).